The molecule has 0 saturated carbocycles. The number of rotatable bonds is 6. The summed E-state index contributed by atoms with van der Waals surface area (Å²) in [6.45, 7) is 3.90. The fourth-order valence-corrected chi connectivity index (χ4v) is 3.78. The third kappa shape index (κ3) is 3.94. The smallest absolute Gasteiger partial charge is 0.293 e. The Labute approximate surface area is 150 Å². The lowest BCUT2D eigenvalue weighted by atomic mass is 9.91. The van der Waals surface area contributed by atoms with Gasteiger partial charge in [-0.1, -0.05) is 59.6 Å². The maximum Gasteiger partial charge on any atom is 0.295 e. The molecule has 0 bridgehead atoms. The molecule has 0 spiro atoms. The van der Waals surface area contributed by atoms with E-state index in [9.17, 15) is 17.8 Å². The number of carbonyl (C=O) groups excluding carboxylic acids is 1. The second kappa shape index (κ2) is 7.59. The number of Topliss-reactive ketones (excluding diaryl/α,β-unsaturated/α-hetero) is 1. The van der Waals surface area contributed by atoms with E-state index in [1.807, 2.05) is 31.2 Å². The lowest BCUT2D eigenvalue weighted by molar-refractivity contribution is 0.102. The third-order valence-corrected chi connectivity index (χ3v) is 5.21. The standard InChI is InChI=1S/C18H19BrO4S/c1-3-5-13-6-4-7-14(10-13)17-12(2)8-9-16(24(21,22)23)18(17)15(20)11-19/h4,6-10H,3,5,11H2,1-2H3,(H,21,22,23). The Morgan fingerprint density at radius 3 is 2.50 bits per heavy atom. The molecule has 2 rings (SSSR count). The van der Waals surface area contributed by atoms with Crippen molar-refractivity contribution >= 4 is 31.8 Å². The van der Waals surface area contributed by atoms with Gasteiger partial charge in [0.15, 0.2) is 5.78 Å². The number of halogens is 1. The van der Waals surface area contributed by atoms with Gasteiger partial charge < -0.3 is 0 Å². The van der Waals surface area contributed by atoms with Crippen LogP contribution in [-0.4, -0.2) is 24.1 Å². The fraction of sp³-hybridized carbons (Fsp3) is 0.278. The van der Waals surface area contributed by atoms with Crippen molar-refractivity contribution in [1.29, 1.82) is 0 Å². The summed E-state index contributed by atoms with van der Waals surface area (Å²) in [5, 5.41) is -0.0272. The summed E-state index contributed by atoms with van der Waals surface area (Å²) in [5.74, 6) is -0.387. The van der Waals surface area contributed by atoms with Crippen LogP contribution in [0.3, 0.4) is 0 Å². The summed E-state index contributed by atoms with van der Waals surface area (Å²) in [7, 11) is -4.50. The highest BCUT2D eigenvalue weighted by Gasteiger charge is 2.25. The average Bonchev–Trinajstić information content (AvgIpc) is 2.53. The molecule has 0 aliphatic heterocycles. The molecule has 4 nitrogen and oxygen atoms in total. The molecule has 0 amide bonds. The first-order valence-electron chi connectivity index (χ1n) is 7.59. The normalized spacial score (nSPS) is 11.5. The molecule has 0 heterocycles. The Balaban J connectivity index is 2.82. The van der Waals surface area contributed by atoms with Crippen molar-refractivity contribution in [3.63, 3.8) is 0 Å². The fourth-order valence-electron chi connectivity index (χ4n) is 2.79. The van der Waals surface area contributed by atoms with Crippen LogP contribution >= 0.6 is 15.9 Å². The maximum absolute atomic E-state index is 12.4. The zero-order valence-electron chi connectivity index (χ0n) is 13.5. The Morgan fingerprint density at radius 2 is 1.92 bits per heavy atom. The molecule has 128 valence electrons. The minimum absolute atomic E-state index is 0.0272. The lowest BCUT2D eigenvalue weighted by Gasteiger charge is -2.15. The number of hydrogen-bond acceptors (Lipinski definition) is 3. The molecule has 0 aliphatic carbocycles. The first-order chi connectivity index (χ1) is 11.3. The van der Waals surface area contributed by atoms with Gasteiger partial charge in [-0.25, -0.2) is 0 Å². The van der Waals surface area contributed by atoms with Crippen molar-refractivity contribution in [2.45, 2.75) is 31.6 Å². The molecule has 0 aliphatic rings. The van der Waals surface area contributed by atoms with Crippen molar-refractivity contribution in [3.8, 4) is 11.1 Å². The topological polar surface area (TPSA) is 71.4 Å². The van der Waals surface area contributed by atoms with Crippen molar-refractivity contribution in [3.05, 3.63) is 53.1 Å². The molecule has 0 saturated heterocycles. The molecule has 2 aromatic rings. The first-order valence-corrected chi connectivity index (χ1v) is 10.1. The van der Waals surface area contributed by atoms with Gasteiger partial charge in [0.2, 0.25) is 0 Å². The first kappa shape index (κ1) is 18.8. The van der Waals surface area contributed by atoms with Crippen molar-refractivity contribution in [2.75, 3.05) is 5.33 Å². The zero-order valence-corrected chi connectivity index (χ0v) is 15.9. The highest BCUT2D eigenvalue weighted by atomic mass is 79.9. The van der Waals surface area contributed by atoms with Gasteiger partial charge in [-0.05, 0) is 41.7 Å². The van der Waals surface area contributed by atoms with Gasteiger partial charge in [-0.15, -0.1) is 0 Å². The number of aryl methyl sites for hydroxylation is 2. The molecule has 1 N–H and O–H groups in total. The molecule has 0 radical (unpaired) electrons. The van der Waals surface area contributed by atoms with E-state index in [4.69, 9.17) is 0 Å². The SMILES string of the molecule is CCCc1cccc(-c2c(C)ccc(S(=O)(=O)O)c2C(=O)CBr)c1. The molecule has 2 aromatic carbocycles. The van der Waals surface area contributed by atoms with Crippen LogP contribution in [0.2, 0.25) is 0 Å². The Bertz CT molecular complexity index is 873. The van der Waals surface area contributed by atoms with E-state index in [2.05, 4.69) is 22.9 Å². The van der Waals surface area contributed by atoms with Gasteiger partial charge >= 0.3 is 0 Å². The van der Waals surface area contributed by atoms with Gasteiger partial charge in [0.1, 0.15) is 4.90 Å². The largest absolute Gasteiger partial charge is 0.295 e. The summed E-state index contributed by atoms with van der Waals surface area (Å²) >= 11 is 3.10. The van der Waals surface area contributed by atoms with Gasteiger partial charge in [-0.3, -0.25) is 9.35 Å². The highest BCUT2D eigenvalue weighted by Crippen LogP contribution is 2.33. The monoisotopic (exact) mass is 410 g/mol. The van der Waals surface area contributed by atoms with E-state index in [-0.39, 0.29) is 21.6 Å². The van der Waals surface area contributed by atoms with Crippen molar-refractivity contribution < 1.29 is 17.8 Å². The molecular weight excluding hydrogens is 392 g/mol. The number of hydrogen-bond donors (Lipinski definition) is 1. The summed E-state index contributed by atoms with van der Waals surface area (Å²) in [4.78, 5) is 12.1. The van der Waals surface area contributed by atoms with Crippen LogP contribution in [0.1, 0.15) is 34.8 Å². The highest BCUT2D eigenvalue weighted by molar-refractivity contribution is 9.09. The van der Waals surface area contributed by atoms with Crippen LogP contribution in [-0.2, 0) is 16.5 Å². The van der Waals surface area contributed by atoms with Crippen LogP contribution in [0.4, 0.5) is 0 Å². The number of carbonyl (C=O) groups is 1. The van der Waals surface area contributed by atoms with Crippen LogP contribution in [0.15, 0.2) is 41.3 Å². The van der Waals surface area contributed by atoms with Crippen LogP contribution < -0.4 is 0 Å². The van der Waals surface area contributed by atoms with Crippen LogP contribution in [0.5, 0.6) is 0 Å². The number of benzene rings is 2. The molecule has 0 fully saturated rings. The van der Waals surface area contributed by atoms with Crippen LogP contribution in [0, 0.1) is 6.92 Å². The number of ketones is 1. The molecule has 0 unspecified atom stereocenters. The van der Waals surface area contributed by atoms with Crippen molar-refractivity contribution in [1.82, 2.24) is 0 Å². The van der Waals surface area contributed by atoms with E-state index < -0.39 is 10.1 Å². The summed E-state index contributed by atoms with van der Waals surface area (Å²) in [6, 6.07) is 10.6. The Morgan fingerprint density at radius 1 is 1.21 bits per heavy atom. The third-order valence-electron chi connectivity index (χ3n) is 3.81. The van der Waals surface area contributed by atoms with Crippen LogP contribution in [0.25, 0.3) is 11.1 Å². The molecule has 24 heavy (non-hydrogen) atoms. The molecule has 6 heteroatoms. The van der Waals surface area contributed by atoms with E-state index in [1.165, 1.54) is 6.07 Å². The minimum atomic E-state index is -4.50. The number of alkyl halides is 1. The van der Waals surface area contributed by atoms with E-state index in [0.717, 1.165) is 29.5 Å². The summed E-state index contributed by atoms with van der Waals surface area (Å²) in [6.07, 6.45) is 1.88. The maximum atomic E-state index is 12.4. The van der Waals surface area contributed by atoms with E-state index in [0.29, 0.717) is 5.56 Å². The minimum Gasteiger partial charge on any atom is -0.293 e. The predicted octanol–water partition coefficient (Wildman–Crippen LogP) is 4.44. The van der Waals surface area contributed by atoms with Gasteiger partial charge in [0.05, 0.1) is 5.33 Å². The molecular formula is C18H19BrO4S. The molecule has 0 aromatic heterocycles. The van der Waals surface area contributed by atoms with Gasteiger partial charge in [-0.2, -0.15) is 8.42 Å². The second-order valence-electron chi connectivity index (χ2n) is 5.61. The van der Waals surface area contributed by atoms with Gasteiger partial charge in [0.25, 0.3) is 10.1 Å². The quantitative estimate of drug-likeness (QED) is 0.434. The summed E-state index contributed by atoms with van der Waals surface area (Å²) in [5.41, 5.74) is 3.24. The van der Waals surface area contributed by atoms with E-state index >= 15 is 0 Å². The Kier molecular flexibility index (Phi) is 5.96. The predicted molar refractivity (Wildman–Crippen MR) is 98.5 cm³/mol. The van der Waals surface area contributed by atoms with Gasteiger partial charge in [0, 0.05) is 5.56 Å². The van der Waals surface area contributed by atoms with E-state index in [1.54, 1.807) is 6.07 Å². The second-order valence-corrected chi connectivity index (χ2v) is 7.56. The zero-order chi connectivity index (χ0) is 17.9. The lowest BCUT2D eigenvalue weighted by Crippen LogP contribution is -2.12. The molecule has 0 atom stereocenters. The van der Waals surface area contributed by atoms with Crippen molar-refractivity contribution in [2.24, 2.45) is 0 Å². The average molecular weight is 411 g/mol. The Hall–Kier alpha value is -1.50. The summed E-state index contributed by atoms with van der Waals surface area (Å²) < 4.78 is 33.0.